The Morgan fingerprint density at radius 2 is 0.933 bits per heavy atom. The van der Waals surface area contributed by atoms with Gasteiger partial charge in [0.25, 0.3) is 0 Å². The van der Waals surface area contributed by atoms with E-state index in [4.69, 9.17) is 9.47 Å². The molecule has 30 heavy (non-hydrogen) atoms. The molecule has 0 saturated carbocycles. The van der Waals surface area contributed by atoms with Gasteiger partial charge in [-0.25, -0.2) is 0 Å². The van der Waals surface area contributed by atoms with Gasteiger partial charge in [0.1, 0.15) is 0 Å². The summed E-state index contributed by atoms with van der Waals surface area (Å²) in [6.45, 7) is 10.3. The standard InChI is InChI=1S/C26H40N2O2/c1-19(2)23(17-29-5)27-25(21-13-9-7-10-14-21)26(22-15-11-8-12-16-22)28-24(18-30-6)20(3)4/h7-16,19-20,23-28H,17-18H2,1-6H3/t23-,24-,25-,26+/m1/s1. The summed E-state index contributed by atoms with van der Waals surface area (Å²) in [5, 5.41) is 7.85. The molecule has 4 nitrogen and oxygen atoms in total. The van der Waals surface area contributed by atoms with E-state index in [1.54, 1.807) is 14.2 Å². The number of hydrogen-bond acceptors (Lipinski definition) is 4. The van der Waals surface area contributed by atoms with Crippen LogP contribution in [0.25, 0.3) is 0 Å². The molecule has 0 radical (unpaired) electrons. The highest BCUT2D eigenvalue weighted by molar-refractivity contribution is 5.28. The van der Waals surface area contributed by atoms with Gasteiger partial charge in [-0.1, -0.05) is 88.4 Å². The zero-order valence-corrected chi connectivity index (χ0v) is 19.5. The summed E-state index contributed by atoms with van der Waals surface area (Å²) in [5.74, 6) is 0.903. The minimum Gasteiger partial charge on any atom is -0.383 e. The first-order chi connectivity index (χ1) is 14.5. The highest BCUT2D eigenvalue weighted by Gasteiger charge is 2.30. The summed E-state index contributed by atoms with van der Waals surface area (Å²) in [5.41, 5.74) is 2.53. The number of hydrogen-bond donors (Lipinski definition) is 2. The van der Waals surface area contributed by atoms with Crippen molar-refractivity contribution in [2.24, 2.45) is 11.8 Å². The molecule has 4 heteroatoms. The van der Waals surface area contributed by atoms with Crippen molar-refractivity contribution in [1.82, 2.24) is 10.6 Å². The van der Waals surface area contributed by atoms with Crippen LogP contribution >= 0.6 is 0 Å². The minimum atomic E-state index is 0.0919. The molecule has 166 valence electrons. The third kappa shape index (κ3) is 7.21. The number of ether oxygens (including phenoxy) is 2. The predicted molar refractivity (Wildman–Crippen MR) is 126 cm³/mol. The first kappa shape index (κ1) is 24.5. The van der Waals surface area contributed by atoms with Crippen molar-refractivity contribution >= 4 is 0 Å². The Balaban J connectivity index is 2.48. The summed E-state index contributed by atoms with van der Waals surface area (Å²) in [7, 11) is 3.55. The third-order valence-electron chi connectivity index (χ3n) is 5.74. The molecule has 0 heterocycles. The van der Waals surface area contributed by atoms with Gasteiger partial charge in [-0.2, -0.15) is 0 Å². The lowest BCUT2D eigenvalue weighted by molar-refractivity contribution is 0.120. The van der Waals surface area contributed by atoms with Crippen LogP contribution in [0.15, 0.2) is 60.7 Å². The molecule has 0 bridgehead atoms. The molecule has 0 fully saturated rings. The van der Waals surface area contributed by atoms with Gasteiger partial charge in [0, 0.05) is 26.3 Å². The van der Waals surface area contributed by atoms with E-state index >= 15 is 0 Å². The molecule has 0 aliphatic carbocycles. The molecule has 0 aliphatic rings. The summed E-state index contributed by atoms with van der Waals surface area (Å²) in [6, 6.07) is 22.1. The lowest BCUT2D eigenvalue weighted by atomic mass is 9.89. The molecule has 0 spiro atoms. The zero-order valence-electron chi connectivity index (χ0n) is 19.5. The van der Waals surface area contributed by atoms with E-state index in [0.717, 1.165) is 0 Å². The maximum absolute atomic E-state index is 5.54. The molecule has 4 atom stereocenters. The van der Waals surface area contributed by atoms with Crippen LogP contribution in [0.1, 0.15) is 50.9 Å². The zero-order chi connectivity index (χ0) is 21.9. The van der Waals surface area contributed by atoms with Crippen molar-refractivity contribution in [1.29, 1.82) is 0 Å². The Morgan fingerprint density at radius 3 is 1.20 bits per heavy atom. The maximum atomic E-state index is 5.54. The highest BCUT2D eigenvalue weighted by atomic mass is 16.5. The number of nitrogens with one attached hydrogen (secondary N) is 2. The van der Waals surface area contributed by atoms with Gasteiger partial charge in [-0.05, 0) is 23.0 Å². The van der Waals surface area contributed by atoms with Gasteiger partial charge in [0.05, 0.1) is 25.3 Å². The molecular formula is C26H40N2O2. The van der Waals surface area contributed by atoms with Crippen LogP contribution in [-0.4, -0.2) is 39.5 Å². The molecule has 2 aromatic carbocycles. The van der Waals surface area contributed by atoms with E-state index in [1.165, 1.54) is 11.1 Å². The van der Waals surface area contributed by atoms with Crippen molar-refractivity contribution in [3.05, 3.63) is 71.8 Å². The highest BCUT2D eigenvalue weighted by Crippen LogP contribution is 2.31. The van der Waals surface area contributed by atoms with Crippen LogP contribution < -0.4 is 10.6 Å². The second kappa shape index (κ2) is 12.9. The molecule has 0 aromatic heterocycles. The Labute approximate surface area is 183 Å². The van der Waals surface area contributed by atoms with Gasteiger partial charge in [-0.3, -0.25) is 0 Å². The normalized spacial score (nSPS) is 15.9. The first-order valence-corrected chi connectivity index (χ1v) is 11.1. The lowest BCUT2D eigenvalue weighted by Crippen LogP contribution is -2.48. The Morgan fingerprint density at radius 1 is 0.600 bits per heavy atom. The quantitative estimate of drug-likeness (QED) is 0.486. The van der Waals surface area contributed by atoms with Crippen molar-refractivity contribution in [2.75, 3.05) is 27.4 Å². The largest absolute Gasteiger partial charge is 0.383 e. The van der Waals surface area contributed by atoms with Crippen LogP contribution in [-0.2, 0) is 9.47 Å². The fraction of sp³-hybridized carbons (Fsp3) is 0.538. The van der Waals surface area contributed by atoms with Gasteiger partial charge in [0.2, 0.25) is 0 Å². The molecule has 2 N–H and O–H groups in total. The SMILES string of the molecule is COC[C@@H](N[C@H](c1ccccc1)[C@@H](N[C@H](COC)C(C)C)c1ccccc1)C(C)C. The Bertz CT molecular complexity index is 629. The monoisotopic (exact) mass is 412 g/mol. The topological polar surface area (TPSA) is 42.5 Å². The molecule has 0 amide bonds. The van der Waals surface area contributed by atoms with Gasteiger partial charge < -0.3 is 20.1 Å². The minimum absolute atomic E-state index is 0.0919. The molecule has 0 aliphatic heterocycles. The average molecular weight is 413 g/mol. The molecule has 2 aromatic rings. The maximum Gasteiger partial charge on any atom is 0.0618 e. The van der Waals surface area contributed by atoms with Crippen molar-refractivity contribution in [3.63, 3.8) is 0 Å². The van der Waals surface area contributed by atoms with E-state index in [2.05, 4.69) is 99.0 Å². The van der Waals surface area contributed by atoms with Crippen molar-refractivity contribution in [2.45, 2.75) is 51.9 Å². The van der Waals surface area contributed by atoms with E-state index in [9.17, 15) is 0 Å². The number of benzene rings is 2. The third-order valence-corrected chi connectivity index (χ3v) is 5.74. The Hall–Kier alpha value is -1.72. The molecule has 0 saturated heterocycles. The molecule has 0 unspecified atom stereocenters. The van der Waals surface area contributed by atoms with E-state index < -0.39 is 0 Å². The van der Waals surface area contributed by atoms with Crippen LogP contribution in [0.3, 0.4) is 0 Å². The van der Waals surface area contributed by atoms with Gasteiger partial charge in [0.15, 0.2) is 0 Å². The summed E-state index contributed by atoms with van der Waals surface area (Å²) in [6.07, 6.45) is 0. The second-order valence-corrected chi connectivity index (χ2v) is 8.72. The van der Waals surface area contributed by atoms with Gasteiger partial charge in [-0.15, -0.1) is 0 Å². The first-order valence-electron chi connectivity index (χ1n) is 11.1. The predicted octanol–water partition coefficient (Wildman–Crippen LogP) is 4.99. The van der Waals surface area contributed by atoms with Crippen LogP contribution in [0.4, 0.5) is 0 Å². The van der Waals surface area contributed by atoms with E-state index in [-0.39, 0.29) is 24.2 Å². The van der Waals surface area contributed by atoms with Crippen LogP contribution in [0.2, 0.25) is 0 Å². The average Bonchev–Trinajstić information content (AvgIpc) is 2.75. The summed E-state index contributed by atoms with van der Waals surface area (Å²) >= 11 is 0. The van der Waals surface area contributed by atoms with Crippen molar-refractivity contribution in [3.8, 4) is 0 Å². The van der Waals surface area contributed by atoms with Crippen LogP contribution in [0.5, 0.6) is 0 Å². The fourth-order valence-electron chi connectivity index (χ4n) is 3.78. The smallest absolute Gasteiger partial charge is 0.0618 e. The molecule has 2 rings (SSSR count). The number of methoxy groups -OCH3 is 2. The van der Waals surface area contributed by atoms with Crippen molar-refractivity contribution < 1.29 is 9.47 Å². The number of rotatable bonds is 13. The molecular weight excluding hydrogens is 372 g/mol. The van der Waals surface area contributed by atoms with Crippen LogP contribution in [0, 0.1) is 11.8 Å². The lowest BCUT2D eigenvalue weighted by Gasteiger charge is -2.37. The van der Waals surface area contributed by atoms with E-state index in [1.807, 2.05) is 0 Å². The summed E-state index contributed by atoms with van der Waals surface area (Å²) < 4.78 is 11.1. The fourth-order valence-corrected chi connectivity index (χ4v) is 3.78. The van der Waals surface area contributed by atoms with Gasteiger partial charge >= 0.3 is 0 Å². The summed E-state index contributed by atoms with van der Waals surface area (Å²) in [4.78, 5) is 0. The Kier molecular flexibility index (Phi) is 10.5. The van der Waals surface area contributed by atoms with E-state index in [0.29, 0.717) is 25.0 Å². The second-order valence-electron chi connectivity index (χ2n) is 8.72.